The van der Waals surface area contributed by atoms with E-state index in [0.29, 0.717) is 35.8 Å². The van der Waals surface area contributed by atoms with E-state index in [1.165, 1.54) is 6.20 Å². The first-order valence-electron chi connectivity index (χ1n) is 10.7. The summed E-state index contributed by atoms with van der Waals surface area (Å²) in [5.41, 5.74) is 6.30. The summed E-state index contributed by atoms with van der Waals surface area (Å²) in [6.45, 7) is 5.39. The van der Waals surface area contributed by atoms with Gasteiger partial charge >= 0.3 is 0 Å². The number of sulfone groups is 1. The second-order valence-corrected chi connectivity index (χ2v) is 11.2. The first-order chi connectivity index (χ1) is 16.1. The molecule has 0 unspecified atom stereocenters. The molecule has 1 aromatic heterocycles. The SMILES string of the molecule is CC#CCOc1ccc(C(=O)Nc2ccc3c(c2)[C@]2(CCO3)CS(=O)(=O)C(C)(C)C(N)=N2)nc1. The number of aromatic nitrogens is 1. The number of nitrogens with two attached hydrogens (primary N) is 1. The molecular formula is C24H26N4O5S. The number of aliphatic imine (C=N–C) groups is 1. The molecule has 1 atom stereocenters. The van der Waals surface area contributed by atoms with Crippen molar-refractivity contribution >= 4 is 27.3 Å². The monoisotopic (exact) mass is 482 g/mol. The van der Waals surface area contributed by atoms with Crippen molar-refractivity contribution in [3.05, 3.63) is 47.8 Å². The summed E-state index contributed by atoms with van der Waals surface area (Å²) in [6, 6.07) is 8.26. The highest BCUT2D eigenvalue weighted by atomic mass is 32.2. The maximum Gasteiger partial charge on any atom is 0.274 e. The first-order valence-corrected chi connectivity index (χ1v) is 12.4. The maximum atomic E-state index is 13.1. The smallest absolute Gasteiger partial charge is 0.274 e. The normalized spacial score (nSPS) is 21.8. The lowest BCUT2D eigenvalue weighted by Crippen LogP contribution is -2.56. The van der Waals surface area contributed by atoms with Gasteiger partial charge in [0.05, 0.1) is 18.6 Å². The summed E-state index contributed by atoms with van der Waals surface area (Å²) in [6.07, 6.45) is 1.81. The number of nitrogens with one attached hydrogen (secondary N) is 1. The molecule has 0 saturated heterocycles. The van der Waals surface area contributed by atoms with Gasteiger partial charge in [-0.2, -0.15) is 0 Å². The van der Waals surface area contributed by atoms with Crippen LogP contribution in [0.15, 0.2) is 41.5 Å². The molecule has 3 N–H and O–H groups in total. The van der Waals surface area contributed by atoms with E-state index in [1.807, 2.05) is 0 Å². The van der Waals surface area contributed by atoms with E-state index in [1.54, 1.807) is 51.1 Å². The number of carbonyl (C=O) groups is 1. The van der Waals surface area contributed by atoms with Crippen molar-refractivity contribution < 1.29 is 22.7 Å². The highest BCUT2D eigenvalue weighted by Crippen LogP contribution is 2.46. The zero-order valence-electron chi connectivity index (χ0n) is 19.2. The zero-order chi connectivity index (χ0) is 24.6. The summed E-state index contributed by atoms with van der Waals surface area (Å²) in [5.74, 6) is 5.99. The minimum atomic E-state index is -3.58. The number of hydrogen-bond acceptors (Lipinski definition) is 8. The van der Waals surface area contributed by atoms with E-state index in [9.17, 15) is 13.2 Å². The fourth-order valence-electron chi connectivity index (χ4n) is 3.87. The van der Waals surface area contributed by atoms with Gasteiger partial charge < -0.3 is 20.5 Å². The number of amidine groups is 1. The standard InChI is InChI=1S/C24H26N4O5S/c1-4-5-11-32-17-7-8-19(26-14-17)21(29)27-16-6-9-20-18(13-16)24(10-12-33-20)15-34(30,31)23(2,3)22(25)28-24/h6-9,13-14H,10-12,15H2,1-3H3,(H2,25,28)(H,27,29)/t24-/m0/s1. The number of anilines is 1. The van der Waals surface area contributed by atoms with Gasteiger partial charge in [0.25, 0.3) is 5.91 Å². The van der Waals surface area contributed by atoms with E-state index in [0.717, 1.165) is 0 Å². The van der Waals surface area contributed by atoms with Crippen LogP contribution in [0.25, 0.3) is 0 Å². The molecule has 2 aliphatic rings. The number of ether oxygens (including phenoxy) is 2. The molecule has 9 nitrogen and oxygen atoms in total. The lowest BCUT2D eigenvalue weighted by molar-refractivity contribution is 0.102. The number of carbonyl (C=O) groups excluding carboxylic acids is 1. The third-order valence-electron chi connectivity index (χ3n) is 6.13. The molecule has 0 bridgehead atoms. The van der Waals surface area contributed by atoms with Gasteiger partial charge in [0.2, 0.25) is 0 Å². The van der Waals surface area contributed by atoms with Crippen LogP contribution in [0.1, 0.15) is 43.2 Å². The Kier molecular flexibility index (Phi) is 6.00. The zero-order valence-corrected chi connectivity index (χ0v) is 20.0. The third kappa shape index (κ3) is 4.19. The predicted molar refractivity (Wildman–Crippen MR) is 129 cm³/mol. The van der Waals surface area contributed by atoms with Crippen LogP contribution in [0.4, 0.5) is 5.69 Å². The van der Waals surface area contributed by atoms with Crippen LogP contribution >= 0.6 is 0 Å². The predicted octanol–water partition coefficient (Wildman–Crippen LogP) is 2.28. The van der Waals surface area contributed by atoms with Gasteiger partial charge in [-0.05, 0) is 51.1 Å². The molecule has 0 fully saturated rings. The Bertz CT molecular complexity index is 1320. The average Bonchev–Trinajstić information content (AvgIpc) is 2.79. The summed E-state index contributed by atoms with van der Waals surface area (Å²) < 4.78 is 36.0. The van der Waals surface area contributed by atoms with Crippen molar-refractivity contribution in [2.45, 2.75) is 37.5 Å². The molecule has 178 valence electrons. The van der Waals surface area contributed by atoms with Gasteiger partial charge in [-0.1, -0.05) is 5.92 Å². The third-order valence-corrected chi connectivity index (χ3v) is 8.75. The Morgan fingerprint density at radius 2 is 2.09 bits per heavy atom. The van der Waals surface area contributed by atoms with Crippen molar-refractivity contribution in [2.75, 3.05) is 24.3 Å². The van der Waals surface area contributed by atoms with Crippen LogP contribution in [0.5, 0.6) is 11.5 Å². The Balaban J connectivity index is 1.61. The highest BCUT2D eigenvalue weighted by Gasteiger charge is 2.52. The molecule has 1 spiro atoms. The van der Waals surface area contributed by atoms with E-state index < -0.39 is 26.0 Å². The van der Waals surface area contributed by atoms with Crippen molar-refractivity contribution in [3.8, 4) is 23.3 Å². The minimum absolute atomic E-state index is 0.0671. The van der Waals surface area contributed by atoms with Crippen LogP contribution in [0, 0.1) is 11.8 Å². The largest absolute Gasteiger partial charge is 0.493 e. The number of fused-ring (bicyclic) bond motifs is 2. The second-order valence-electron chi connectivity index (χ2n) is 8.66. The average molecular weight is 483 g/mol. The van der Waals surface area contributed by atoms with Crippen LogP contribution in [-0.2, 0) is 15.4 Å². The van der Waals surface area contributed by atoms with Gasteiger partial charge in [-0.25, -0.2) is 13.4 Å². The maximum absolute atomic E-state index is 13.1. The summed E-state index contributed by atoms with van der Waals surface area (Å²) in [4.78, 5) is 21.6. The number of hydrogen-bond donors (Lipinski definition) is 2. The molecule has 34 heavy (non-hydrogen) atoms. The molecule has 4 rings (SSSR count). The molecule has 2 aliphatic heterocycles. The Hall–Kier alpha value is -3.58. The molecular weight excluding hydrogens is 456 g/mol. The van der Waals surface area contributed by atoms with E-state index in [4.69, 9.17) is 15.2 Å². The van der Waals surface area contributed by atoms with E-state index in [-0.39, 0.29) is 23.9 Å². The fraction of sp³-hybridized carbons (Fsp3) is 0.375. The fourth-order valence-corrected chi connectivity index (χ4v) is 5.58. The van der Waals surface area contributed by atoms with E-state index >= 15 is 0 Å². The molecule has 10 heteroatoms. The first kappa shape index (κ1) is 23.6. The number of benzene rings is 1. The summed E-state index contributed by atoms with van der Waals surface area (Å²) >= 11 is 0. The minimum Gasteiger partial charge on any atom is -0.493 e. The summed E-state index contributed by atoms with van der Waals surface area (Å²) in [7, 11) is -3.58. The van der Waals surface area contributed by atoms with E-state index in [2.05, 4.69) is 27.1 Å². The number of amides is 1. The van der Waals surface area contributed by atoms with Crippen molar-refractivity contribution in [2.24, 2.45) is 10.7 Å². The van der Waals surface area contributed by atoms with Crippen molar-refractivity contribution in [3.63, 3.8) is 0 Å². The molecule has 0 radical (unpaired) electrons. The number of nitrogens with zero attached hydrogens (tertiary/aromatic N) is 2. The quantitative estimate of drug-likeness (QED) is 0.639. The lowest BCUT2D eigenvalue weighted by Gasteiger charge is -2.42. The van der Waals surface area contributed by atoms with Gasteiger partial charge in [0.1, 0.15) is 39.9 Å². The molecule has 0 saturated carbocycles. The van der Waals surface area contributed by atoms with Crippen LogP contribution in [-0.4, -0.2) is 48.9 Å². The highest BCUT2D eigenvalue weighted by molar-refractivity contribution is 7.93. The molecule has 2 aromatic rings. The van der Waals surface area contributed by atoms with Gasteiger partial charge in [-0.3, -0.25) is 9.79 Å². The topological polar surface area (TPSA) is 133 Å². The van der Waals surface area contributed by atoms with Crippen LogP contribution in [0.3, 0.4) is 0 Å². The number of pyridine rings is 1. The Morgan fingerprint density at radius 1 is 1.29 bits per heavy atom. The Labute approximate surface area is 198 Å². The molecule has 3 heterocycles. The summed E-state index contributed by atoms with van der Waals surface area (Å²) in [5, 5.41) is 2.80. The molecule has 1 aromatic carbocycles. The van der Waals surface area contributed by atoms with Gasteiger partial charge in [0, 0.05) is 17.7 Å². The Morgan fingerprint density at radius 3 is 2.76 bits per heavy atom. The molecule has 0 aliphatic carbocycles. The second kappa shape index (κ2) is 8.65. The van der Waals surface area contributed by atoms with Gasteiger partial charge in [0.15, 0.2) is 9.84 Å². The number of rotatable bonds is 4. The van der Waals surface area contributed by atoms with Crippen LogP contribution < -0.4 is 20.5 Å². The van der Waals surface area contributed by atoms with Crippen molar-refractivity contribution in [1.82, 2.24) is 4.98 Å². The van der Waals surface area contributed by atoms with Gasteiger partial charge in [-0.15, -0.1) is 5.92 Å². The lowest BCUT2D eigenvalue weighted by atomic mass is 9.85. The van der Waals surface area contributed by atoms with Crippen molar-refractivity contribution in [1.29, 1.82) is 0 Å². The molecule has 1 amide bonds. The van der Waals surface area contributed by atoms with Crippen LogP contribution in [0.2, 0.25) is 0 Å².